The van der Waals surface area contributed by atoms with Gasteiger partial charge in [-0.15, -0.1) is 11.6 Å². The molecule has 1 aromatic carbocycles. The van der Waals surface area contributed by atoms with E-state index < -0.39 is 0 Å². The topological polar surface area (TPSA) is 40.5 Å². The van der Waals surface area contributed by atoms with Gasteiger partial charge in [-0.1, -0.05) is 24.9 Å². The molecular weight excluding hydrogens is 273 g/mol. The molecule has 3 nitrogen and oxygen atoms in total. The van der Waals surface area contributed by atoms with E-state index in [1.54, 1.807) is 11.0 Å². The van der Waals surface area contributed by atoms with Crippen molar-refractivity contribution in [2.45, 2.75) is 19.8 Å². The van der Waals surface area contributed by atoms with Crippen LogP contribution in [-0.2, 0) is 0 Å². The maximum absolute atomic E-state index is 12.2. The minimum absolute atomic E-state index is 0.0939. The van der Waals surface area contributed by atoms with E-state index in [9.17, 15) is 9.90 Å². The van der Waals surface area contributed by atoms with Gasteiger partial charge >= 0.3 is 0 Å². The predicted molar refractivity (Wildman–Crippen MR) is 74.6 cm³/mol. The second-order valence-electron chi connectivity index (χ2n) is 4.00. The number of alkyl halides is 1. The monoisotopic (exact) mass is 289 g/mol. The molecule has 0 saturated heterocycles. The number of rotatable bonds is 6. The maximum atomic E-state index is 12.2. The lowest BCUT2D eigenvalue weighted by molar-refractivity contribution is 0.0760. The highest BCUT2D eigenvalue weighted by Crippen LogP contribution is 2.23. The van der Waals surface area contributed by atoms with Crippen LogP contribution in [-0.4, -0.2) is 34.9 Å². The van der Waals surface area contributed by atoms with E-state index in [2.05, 4.69) is 6.92 Å². The van der Waals surface area contributed by atoms with Crippen molar-refractivity contribution < 1.29 is 9.90 Å². The standard InChI is InChI=1S/C13H17Cl2NO2/c1-2-3-7-16(8-6-14)13(18)11-5-4-10(15)9-12(11)17/h4-5,9,17H,2-3,6-8H2,1H3. The molecule has 0 unspecified atom stereocenters. The first-order valence-corrected chi connectivity index (χ1v) is 6.85. The Kier molecular flexibility index (Phi) is 6.30. The van der Waals surface area contributed by atoms with Gasteiger partial charge in [-0.3, -0.25) is 4.79 Å². The molecule has 1 amide bonds. The van der Waals surface area contributed by atoms with Gasteiger partial charge in [-0.05, 0) is 24.6 Å². The van der Waals surface area contributed by atoms with Gasteiger partial charge in [0.1, 0.15) is 5.75 Å². The molecule has 0 bridgehead atoms. The quantitative estimate of drug-likeness (QED) is 0.814. The van der Waals surface area contributed by atoms with Gasteiger partial charge in [0, 0.05) is 24.0 Å². The third kappa shape index (κ3) is 4.07. The molecule has 0 fully saturated rings. The van der Waals surface area contributed by atoms with Crippen molar-refractivity contribution in [1.29, 1.82) is 0 Å². The normalized spacial score (nSPS) is 10.4. The van der Waals surface area contributed by atoms with Crippen molar-refractivity contribution >= 4 is 29.1 Å². The van der Waals surface area contributed by atoms with Gasteiger partial charge in [0.05, 0.1) is 5.56 Å². The van der Waals surface area contributed by atoms with Crippen LogP contribution in [0.1, 0.15) is 30.1 Å². The van der Waals surface area contributed by atoms with Crippen LogP contribution in [0, 0.1) is 0 Å². The summed E-state index contributed by atoms with van der Waals surface area (Å²) >= 11 is 11.4. The number of carbonyl (C=O) groups excluding carboxylic acids is 1. The molecule has 1 aromatic rings. The fourth-order valence-electron chi connectivity index (χ4n) is 1.62. The van der Waals surface area contributed by atoms with Crippen molar-refractivity contribution in [3.63, 3.8) is 0 Å². The minimum Gasteiger partial charge on any atom is -0.507 e. The van der Waals surface area contributed by atoms with Crippen molar-refractivity contribution in [3.8, 4) is 5.75 Å². The largest absolute Gasteiger partial charge is 0.507 e. The highest BCUT2D eigenvalue weighted by Gasteiger charge is 2.18. The third-order valence-electron chi connectivity index (χ3n) is 2.61. The molecule has 0 radical (unpaired) electrons. The summed E-state index contributed by atoms with van der Waals surface area (Å²) in [6, 6.07) is 4.49. The summed E-state index contributed by atoms with van der Waals surface area (Å²) in [7, 11) is 0. The lowest BCUT2D eigenvalue weighted by atomic mass is 10.1. The number of carbonyl (C=O) groups is 1. The number of hydrogen-bond donors (Lipinski definition) is 1. The summed E-state index contributed by atoms with van der Waals surface area (Å²) in [5.74, 6) is 0.0749. The Hall–Kier alpha value is -0.930. The molecule has 0 atom stereocenters. The van der Waals surface area contributed by atoms with E-state index in [0.29, 0.717) is 24.0 Å². The van der Waals surface area contributed by atoms with Gasteiger partial charge in [0.25, 0.3) is 5.91 Å². The Morgan fingerprint density at radius 2 is 2.11 bits per heavy atom. The van der Waals surface area contributed by atoms with Crippen molar-refractivity contribution in [2.24, 2.45) is 0 Å². The van der Waals surface area contributed by atoms with Crippen LogP contribution in [0.2, 0.25) is 5.02 Å². The summed E-state index contributed by atoms with van der Waals surface area (Å²) in [5, 5.41) is 10.1. The maximum Gasteiger partial charge on any atom is 0.257 e. The Labute approximate surface area is 117 Å². The molecule has 100 valence electrons. The molecule has 1 rings (SSSR count). The minimum atomic E-state index is -0.210. The fraction of sp³-hybridized carbons (Fsp3) is 0.462. The summed E-state index contributed by atoms with van der Waals surface area (Å²) in [6.45, 7) is 3.18. The Morgan fingerprint density at radius 3 is 2.67 bits per heavy atom. The second-order valence-corrected chi connectivity index (χ2v) is 4.81. The van der Waals surface area contributed by atoms with E-state index in [1.165, 1.54) is 12.1 Å². The van der Waals surface area contributed by atoms with Crippen LogP contribution < -0.4 is 0 Å². The van der Waals surface area contributed by atoms with Crippen LogP contribution in [0.3, 0.4) is 0 Å². The number of nitrogens with zero attached hydrogens (tertiary/aromatic N) is 1. The lowest BCUT2D eigenvalue weighted by Crippen LogP contribution is -2.33. The number of benzene rings is 1. The molecule has 0 aliphatic rings. The second kappa shape index (κ2) is 7.49. The average molecular weight is 290 g/mol. The number of amides is 1. The summed E-state index contributed by atoms with van der Waals surface area (Å²) < 4.78 is 0. The third-order valence-corrected chi connectivity index (χ3v) is 3.02. The number of unbranched alkanes of at least 4 members (excludes halogenated alkanes) is 1. The zero-order valence-corrected chi connectivity index (χ0v) is 11.8. The fourth-order valence-corrected chi connectivity index (χ4v) is 1.99. The van der Waals surface area contributed by atoms with Crippen LogP contribution in [0.5, 0.6) is 5.75 Å². The van der Waals surface area contributed by atoms with E-state index in [1.807, 2.05) is 0 Å². The van der Waals surface area contributed by atoms with Gasteiger partial charge in [-0.2, -0.15) is 0 Å². The molecule has 5 heteroatoms. The molecule has 0 spiro atoms. The van der Waals surface area contributed by atoms with Gasteiger partial charge < -0.3 is 10.0 Å². The van der Waals surface area contributed by atoms with Gasteiger partial charge in [-0.25, -0.2) is 0 Å². The van der Waals surface area contributed by atoms with E-state index >= 15 is 0 Å². The number of halogens is 2. The first-order chi connectivity index (χ1) is 8.60. The number of phenolic OH excluding ortho intramolecular Hbond substituents is 1. The Morgan fingerprint density at radius 1 is 1.39 bits per heavy atom. The molecule has 0 heterocycles. The van der Waals surface area contributed by atoms with Crippen molar-refractivity contribution in [1.82, 2.24) is 4.90 Å². The van der Waals surface area contributed by atoms with E-state index in [4.69, 9.17) is 23.2 Å². The van der Waals surface area contributed by atoms with Crippen LogP contribution in [0.4, 0.5) is 0 Å². The molecule has 18 heavy (non-hydrogen) atoms. The molecule has 0 aromatic heterocycles. The highest BCUT2D eigenvalue weighted by molar-refractivity contribution is 6.30. The number of aromatic hydroxyl groups is 1. The zero-order valence-electron chi connectivity index (χ0n) is 10.3. The predicted octanol–water partition coefficient (Wildman–Crippen LogP) is 3.53. The van der Waals surface area contributed by atoms with Crippen LogP contribution in [0.15, 0.2) is 18.2 Å². The van der Waals surface area contributed by atoms with E-state index in [0.717, 1.165) is 12.8 Å². The smallest absolute Gasteiger partial charge is 0.257 e. The molecule has 0 aliphatic carbocycles. The molecular formula is C13H17Cl2NO2. The highest BCUT2D eigenvalue weighted by atomic mass is 35.5. The van der Waals surface area contributed by atoms with E-state index in [-0.39, 0.29) is 17.2 Å². The molecule has 0 saturated carbocycles. The number of hydrogen-bond acceptors (Lipinski definition) is 2. The SMILES string of the molecule is CCCCN(CCCl)C(=O)c1ccc(Cl)cc1O. The Bertz CT molecular complexity index is 410. The number of phenols is 1. The zero-order chi connectivity index (χ0) is 13.5. The summed E-state index contributed by atoms with van der Waals surface area (Å²) in [6.07, 6.45) is 1.91. The Balaban J connectivity index is 2.87. The van der Waals surface area contributed by atoms with Gasteiger partial charge in [0.15, 0.2) is 0 Å². The summed E-state index contributed by atoms with van der Waals surface area (Å²) in [4.78, 5) is 13.9. The molecule has 0 aliphatic heterocycles. The average Bonchev–Trinajstić information content (AvgIpc) is 2.33. The van der Waals surface area contributed by atoms with Crippen molar-refractivity contribution in [3.05, 3.63) is 28.8 Å². The first kappa shape index (κ1) is 15.1. The lowest BCUT2D eigenvalue weighted by Gasteiger charge is -2.22. The first-order valence-electron chi connectivity index (χ1n) is 5.94. The van der Waals surface area contributed by atoms with Crippen molar-refractivity contribution in [2.75, 3.05) is 19.0 Å². The van der Waals surface area contributed by atoms with Crippen LogP contribution >= 0.6 is 23.2 Å². The molecule has 1 N–H and O–H groups in total. The van der Waals surface area contributed by atoms with Gasteiger partial charge in [0.2, 0.25) is 0 Å². The summed E-state index contributed by atoms with van der Waals surface area (Å²) in [5.41, 5.74) is 0.264. The van der Waals surface area contributed by atoms with Crippen LogP contribution in [0.25, 0.3) is 0 Å².